The maximum absolute atomic E-state index is 12.6. The normalized spacial score (nSPS) is 15.0. The first-order chi connectivity index (χ1) is 14.9. The van der Waals surface area contributed by atoms with Gasteiger partial charge in [-0.1, -0.05) is 42.8 Å². The molecular formula is C25H28ClNO4. The maximum atomic E-state index is 12.6. The van der Waals surface area contributed by atoms with Crippen molar-refractivity contribution < 1.29 is 19.4 Å². The Kier molecular flexibility index (Phi) is 7.42. The Labute approximate surface area is 188 Å². The first kappa shape index (κ1) is 22.9. The molecule has 0 amide bonds. The Balaban J connectivity index is 1.86. The van der Waals surface area contributed by atoms with Gasteiger partial charge in [0.25, 0.3) is 0 Å². The number of hydrogen-bond donors (Lipinski definition) is 1. The lowest BCUT2D eigenvalue weighted by Gasteiger charge is -2.36. The van der Waals surface area contributed by atoms with Crippen LogP contribution >= 0.6 is 11.6 Å². The molecule has 0 bridgehead atoms. The van der Waals surface area contributed by atoms with Gasteiger partial charge in [0.2, 0.25) is 6.23 Å². The number of aliphatic hydroxyl groups excluding tert-OH is 1. The Morgan fingerprint density at radius 2 is 1.58 bits per heavy atom. The monoisotopic (exact) mass is 441 g/mol. The molecule has 6 heteroatoms. The number of carbonyl (C=O) groups is 1. The second-order valence-corrected chi connectivity index (χ2v) is 8.04. The number of aromatic nitrogens is 1. The summed E-state index contributed by atoms with van der Waals surface area (Å²) >= 11 is 5.97. The van der Waals surface area contributed by atoms with Crippen molar-refractivity contribution >= 4 is 17.6 Å². The van der Waals surface area contributed by atoms with Crippen LogP contribution in [0.1, 0.15) is 33.4 Å². The van der Waals surface area contributed by atoms with Gasteiger partial charge in [0.1, 0.15) is 11.9 Å². The Hall–Kier alpha value is -2.76. The van der Waals surface area contributed by atoms with Crippen LogP contribution in [0.5, 0.6) is 5.75 Å². The molecule has 0 fully saturated rings. The van der Waals surface area contributed by atoms with Crippen LogP contribution in [0, 0.1) is 5.41 Å². The zero-order valence-electron chi connectivity index (χ0n) is 18.0. The summed E-state index contributed by atoms with van der Waals surface area (Å²) in [6, 6.07) is 18.9. The lowest BCUT2D eigenvalue weighted by atomic mass is 9.80. The Morgan fingerprint density at radius 1 is 1.03 bits per heavy atom. The molecule has 3 aromatic rings. The predicted octanol–water partition coefficient (Wildman–Crippen LogP) is 5.73. The van der Waals surface area contributed by atoms with Gasteiger partial charge in [0.15, 0.2) is 0 Å². The number of nitrogens with zero attached hydrogens (tertiary/aromatic N) is 1. The summed E-state index contributed by atoms with van der Waals surface area (Å²) in [4.78, 5) is 12.6. The maximum Gasteiger partial charge on any atom is 0.314 e. The number of hydrogen-bond acceptors (Lipinski definition) is 4. The highest BCUT2D eigenvalue weighted by molar-refractivity contribution is 6.30. The molecule has 0 radical (unpaired) electrons. The number of esters is 1. The molecule has 5 nitrogen and oxygen atoms in total. The topological polar surface area (TPSA) is 60.7 Å². The van der Waals surface area contributed by atoms with E-state index in [4.69, 9.17) is 21.1 Å². The molecular weight excluding hydrogens is 414 g/mol. The van der Waals surface area contributed by atoms with Crippen LogP contribution in [0.15, 0.2) is 73.1 Å². The smallest absolute Gasteiger partial charge is 0.314 e. The average molecular weight is 442 g/mol. The molecule has 0 aliphatic heterocycles. The van der Waals surface area contributed by atoms with E-state index in [0.29, 0.717) is 17.2 Å². The Bertz CT molecular complexity index is 970. The van der Waals surface area contributed by atoms with Gasteiger partial charge in [-0.2, -0.15) is 0 Å². The van der Waals surface area contributed by atoms with E-state index in [1.54, 1.807) is 30.8 Å². The highest BCUT2D eigenvalue weighted by Crippen LogP contribution is 2.36. The van der Waals surface area contributed by atoms with Crippen molar-refractivity contribution in [1.29, 1.82) is 0 Å². The zero-order valence-corrected chi connectivity index (χ0v) is 18.8. The van der Waals surface area contributed by atoms with Crippen molar-refractivity contribution in [2.24, 2.45) is 5.41 Å². The molecule has 0 aliphatic carbocycles. The highest BCUT2D eigenvalue weighted by Gasteiger charge is 2.46. The summed E-state index contributed by atoms with van der Waals surface area (Å²) in [6.45, 7) is 5.57. The van der Waals surface area contributed by atoms with Crippen molar-refractivity contribution in [3.63, 3.8) is 0 Å². The second kappa shape index (κ2) is 10.0. The van der Waals surface area contributed by atoms with Crippen LogP contribution in [-0.4, -0.2) is 28.4 Å². The van der Waals surface area contributed by atoms with Crippen molar-refractivity contribution in [2.45, 2.75) is 39.5 Å². The van der Waals surface area contributed by atoms with Crippen LogP contribution in [0.4, 0.5) is 0 Å². The zero-order chi connectivity index (χ0) is 22.4. The third kappa shape index (κ3) is 5.12. The first-order valence-corrected chi connectivity index (χ1v) is 10.8. The molecule has 2 aromatic carbocycles. The van der Waals surface area contributed by atoms with Gasteiger partial charge in [-0.25, -0.2) is 0 Å². The van der Waals surface area contributed by atoms with E-state index in [2.05, 4.69) is 0 Å². The molecule has 0 saturated heterocycles. The molecule has 3 atom stereocenters. The van der Waals surface area contributed by atoms with Crippen molar-refractivity contribution in [3.8, 4) is 16.9 Å². The standard InChI is InChI=1S/C25H28ClNO4/c1-4-25(3,24(29)30-5-2)22(28)23(27-16-6-7-17-27)31-21-14-10-19(11-15-21)18-8-12-20(26)13-9-18/h6-17,22-23,28H,4-5H2,1-3H3. The molecule has 164 valence electrons. The number of rotatable bonds is 9. The molecule has 31 heavy (non-hydrogen) atoms. The SMILES string of the molecule is CCOC(=O)C(C)(CC)C(O)C(Oc1ccc(-c2ccc(Cl)cc2)cc1)n1cccc1. The highest BCUT2D eigenvalue weighted by atomic mass is 35.5. The quantitative estimate of drug-likeness (QED) is 0.431. The number of aliphatic hydroxyl groups is 1. The van der Waals surface area contributed by atoms with E-state index >= 15 is 0 Å². The minimum absolute atomic E-state index is 0.252. The van der Waals surface area contributed by atoms with Gasteiger partial charge in [-0.15, -0.1) is 0 Å². The summed E-state index contributed by atoms with van der Waals surface area (Å²) in [5.74, 6) is 0.140. The first-order valence-electron chi connectivity index (χ1n) is 10.4. The Morgan fingerprint density at radius 3 is 2.10 bits per heavy atom. The number of benzene rings is 2. The van der Waals surface area contributed by atoms with Gasteiger partial charge in [0, 0.05) is 17.4 Å². The van der Waals surface area contributed by atoms with E-state index in [-0.39, 0.29) is 6.61 Å². The van der Waals surface area contributed by atoms with Crippen LogP contribution in [0.3, 0.4) is 0 Å². The van der Waals surface area contributed by atoms with Gasteiger partial charge >= 0.3 is 5.97 Å². The molecule has 0 aliphatic rings. The summed E-state index contributed by atoms with van der Waals surface area (Å²) in [5.41, 5.74) is 0.944. The second-order valence-electron chi connectivity index (χ2n) is 7.61. The fourth-order valence-corrected chi connectivity index (χ4v) is 3.52. The summed E-state index contributed by atoms with van der Waals surface area (Å²) in [5, 5.41) is 11.9. The average Bonchev–Trinajstić information content (AvgIpc) is 3.32. The molecule has 3 unspecified atom stereocenters. The molecule has 1 heterocycles. The van der Waals surface area contributed by atoms with E-state index in [1.165, 1.54) is 0 Å². The van der Waals surface area contributed by atoms with Crippen LogP contribution in [0.25, 0.3) is 11.1 Å². The van der Waals surface area contributed by atoms with Gasteiger partial charge in [0.05, 0.1) is 12.0 Å². The number of halogens is 1. The lowest BCUT2D eigenvalue weighted by Crippen LogP contribution is -2.47. The van der Waals surface area contributed by atoms with Gasteiger partial charge < -0.3 is 19.1 Å². The van der Waals surface area contributed by atoms with Gasteiger partial charge in [-0.3, -0.25) is 4.79 Å². The molecule has 3 rings (SSSR count). The fourth-order valence-electron chi connectivity index (χ4n) is 3.40. The van der Waals surface area contributed by atoms with Crippen molar-refractivity contribution in [2.75, 3.05) is 6.61 Å². The van der Waals surface area contributed by atoms with Crippen molar-refractivity contribution in [3.05, 3.63) is 78.1 Å². The third-order valence-corrected chi connectivity index (χ3v) is 5.86. The minimum Gasteiger partial charge on any atom is -0.467 e. The van der Waals surface area contributed by atoms with E-state index in [0.717, 1.165) is 11.1 Å². The summed E-state index contributed by atoms with van der Waals surface area (Å²) in [7, 11) is 0. The fraction of sp³-hybridized carbons (Fsp3) is 0.320. The van der Waals surface area contributed by atoms with E-state index in [9.17, 15) is 9.90 Å². The van der Waals surface area contributed by atoms with Crippen LogP contribution in [-0.2, 0) is 9.53 Å². The largest absolute Gasteiger partial charge is 0.467 e. The van der Waals surface area contributed by atoms with Crippen LogP contribution in [0.2, 0.25) is 5.02 Å². The van der Waals surface area contributed by atoms with Crippen molar-refractivity contribution in [1.82, 2.24) is 4.57 Å². The molecule has 1 aromatic heterocycles. The summed E-state index contributed by atoms with van der Waals surface area (Å²) < 4.78 is 13.2. The van der Waals surface area contributed by atoms with E-state index < -0.39 is 23.7 Å². The van der Waals surface area contributed by atoms with Gasteiger partial charge in [-0.05, 0) is 67.8 Å². The molecule has 0 saturated carbocycles. The van der Waals surface area contributed by atoms with E-state index in [1.807, 2.05) is 67.6 Å². The predicted molar refractivity (Wildman–Crippen MR) is 122 cm³/mol. The summed E-state index contributed by atoms with van der Waals surface area (Å²) in [6.07, 6.45) is 2.09. The number of carbonyl (C=O) groups excluding carboxylic acids is 1. The van der Waals surface area contributed by atoms with Crippen LogP contribution < -0.4 is 4.74 Å². The lowest BCUT2D eigenvalue weighted by molar-refractivity contribution is -0.170. The molecule has 1 N–H and O–H groups in total. The number of ether oxygens (including phenoxy) is 2. The molecule has 0 spiro atoms. The minimum atomic E-state index is -1.13. The third-order valence-electron chi connectivity index (χ3n) is 5.61.